The first-order valence-corrected chi connectivity index (χ1v) is 6.81. The summed E-state index contributed by atoms with van der Waals surface area (Å²) in [4.78, 5) is 20.6. The number of fused-ring (bicyclic) bond motifs is 1. The molecule has 98 valence electrons. The minimum atomic E-state index is -0.260. The van der Waals surface area contributed by atoms with Gasteiger partial charge in [-0.2, -0.15) is 0 Å². The zero-order valence-corrected chi connectivity index (χ0v) is 12.0. The minimum absolute atomic E-state index is 0.260. The molecule has 2 heterocycles. The standard InChI is InChI=1S/C15H10BrN3O/c16-13-8-2-7-12(18-13)15(20)19-11-6-1-4-10-5-3-9-17-14(10)11/h1-9H,(H,19,20). The Labute approximate surface area is 124 Å². The Kier molecular flexibility index (Phi) is 3.43. The van der Waals surface area contributed by atoms with Gasteiger partial charge in [0.1, 0.15) is 10.3 Å². The molecule has 1 amide bonds. The van der Waals surface area contributed by atoms with E-state index >= 15 is 0 Å². The second-order valence-electron chi connectivity index (χ2n) is 4.18. The highest BCUT2D eigenvalue weighted by molar-refractivity contribution is 9.10. The molecule has 0 bridgehead atoms. The van der Waals surface area contributed by atoms with E-state index < -0.39 is 0 Å². The fourth-order valence-electron chi connectivity index (χ4n) is 1.93. The number of halogens is 1. The molecule has 3 aromatic rings. The molecule has 1 aromatic carbocycles. The Morgan fingerprint density at radius 1 is 1.05 bits per heavy atom. The summed E-state index contributed by atoms with van der Waals surface area (Å²) in [5.41, 5.74) is 1.79. The predicted octanol–water partition coefficient (Wildman–Crippen LogP) is 3.64. The SMILES string of the molecule is O=C(Nc1cccc2cccnc12)c1cccc(Br)n1. The van der Waals surface area contributed by atoms with Gasteiger partial charge in [0, 0.05) is 11.6 Å². The van der Waals surface area contributed by atoms with Gasteiger partial charge < -0.3 is 5.32 Å². The topological polar surface area (TPSA) is 54.9 Å². The van der Waals surface area contributed by atoms with Crippen molar-refractivity contribution in [2.45, 2.75) is 0 Å². The van der Waals surface area contributed by atoms with Gasteiger partial charge >= 0.3 is 0 Å². The second-order valence-corrected chi connectivity index (χ2v) is 4.99. The number of benzene rings is 1. The lowest BCUT2D eigenvalue weighted by Crippen LogP contribution is -2.14. The van der Waals surface area contributed by atoms with Crippen molar-refractivity contribution in [1.29, 1.82) is 0 Å². The highest BCUT2D eigenvalue weighted by atomic mass is 79.9. The molecule has 2 aromatic heterocycles. The monoisotopic (exact) mass is 327 g/mol. The van der Waals surface area contributed by atoms with E-state index in [0.717, 1.165) is 10.9 Å². The van der Waals surface area contributed by atoms with Crippen LogP contribution in [0.3, 0.4) is 0 Å². The van der Waals surface area contributed by atoms with E-state index in [1.165, 1.54) is 0 Å². The number of hydrogen-bond donors (Lipinski definition) is 1. The van der Waals surface area contributed by atoms with Crippen LogP contribution in [0.15, 0.2) is 59.3 Å². The van der Waals surface area contributed by atoms with E-state index in [9.17, 15) is 4.79 Å². The number of carbonyl (C=O) groups is 1. The molecule has 0 aliphatic carbocycles. The zero-order chi connectivity index (χ0) is 13.9. The van der Waals surface area contributed by atoms with E-state index in [0.29, 0.717) is 16.0 Å². The van der Waals surface area contributed by atoms with Crippen molar-refractivity contribution in [3.8, 4) is 0 Å². The summed E-state index contributed by atoms with van der Waals surface area (Å²) in [7, 11) is 0. The molecule has 3 rings (SSSR count). The lowest BCUT2D eigenvalue weighted by molar-refractivity contribution is 0.102. The Balaban J connectivity index is 1.95. The maximum Gasteiger partial charge on any atom is 0.274 e. The summed E-state index contributed by atoms with van der Waals surface area (Å²) in [6.07, 6.45) is 1.70. The molecule has 20 heavy (non-hydrogen) atoms. The van der Waals surface area contributed by atoms with E-state index in [2.05, 4.69) is 31.2 Å². The molecule has 5 heteroatoms. The maximum atomic E-state index is 12.2. The number of carbonyl (C=O) groups excluding carboxylic acids is 1. The van der Waals surface area contributed by atoms with E-state index in [1.807, 2.05) is 30.3 Å². The number of hydrogen-bond acceptors (Lipinski definition) is 3. The van der Waals surface area contributed by atoms with Crippen LogP contribution in [0.4, 0.5) is 5.69 Å². The number of anilines is 1. The van der Waals surface area contributed by atoms with Gasteiger partial charge in [-0.1, -0.05) is 24.3 Å². The van der Waals surface area contributed by atoms with Crippen LogP contribution in [0.5, 0.6) is 0 Å². The lowest BCUT2D eigenvalue weighted by atomic mass is 10.2. The van der Waals surface area contributed by atoms with Crippen molar-refractivity contribution in [2.75, 3.05) is 5.32 Å². The normalized spacial score (nSPS) is 10.4. The minimum Gasteiger partial charge on any atom is -0.319 e. The Hall–Kier alpha value is -2.27. The van der Waals surface area contributed by atoms with Crippen LogP contribution in [0.2, 0.25) is 0 Å². The van der Waals surface area contributed by atoms with Crippen LogP contribution in [0.25, 0.3) is 10.9 Å². The maximum absolute atomic E-state index is 12.2. The molecule has 0 saturated carbocycles. The van der Waals surface area contributed by atoms with Crippen LogP contribution in [-0.2, 0) is 0 Å². The first-order valence-electron chi connectivity index (χ1n) is 6.02. The van der Waals surface area contributed by atoms with Crippen LogP contribution >= 0.6 is 15.9 Å². The van der Waals surface area contributed by atoms with Crippen molar-refractivity contribution in [1.82, 2.24) is 9.97 Å². The lowest BCUT2D eigenvalue weighted by Gasteiger charge is -2.07. The van der Waals surface area contributed by atoms with Crippen LogP contribution in [0, 0.1) is 0 Å². The van der Waals surface area contributed by atoms with Crippen LogP contribution in [-0.4, -0.2) is 15.9 Å². The fraction of sp³-hybridized carbons (Fsp3) is 0. The number of amides is 1. The van der Waals surface area contributed by atoms with E-state index in [1.54, 1.807) is 24.4 Å². The van der Waals surface area contributed by atoms with E-state index in [4.69, 9.17) is 0 Å². The summed E-state index contributed by atoms with van der Waals surface area (Å²) < 4.78 is 0.626. The molecule has 0 aliphatic heterocycles. The van der Waals surface area contributed by atoms with Gasteiger partial charge in [0.2, 0.25) is 0 Å². The Bertz CT molecular complexity index is 783. The van der Waals surface area contributed by atoms with Crippen LogP contribution in [0.1, 0.15) is 10.5 Å². The predicted molar refractivity (Wildman–Crippen MR) is 81.6 cm³/mol. The van der Waals surface area contributed by atoms with Crippen molar-refractivity contribution in [3.05, 3.63) is 65.0 Å². The summed E-state index contributed by atoms with van der Waals surface area (Å²) in [6, 6.07) is 14.7. The number of nitrogens with one attached hydrogen (secondary N) is 1. The number of pyridine rings is 2. The smallest absolute Gasteiger partial charge is 0.274 e. The van der Waals surface area contributed by atoms with Crippen molar-refractivity contribution in [2.24, 2.45) is 0 Å². The van der Waals surface area contributed by atoms with Crippen molar-refractivity contribution < 1.29 is 4.79 Å². The Morgan fingerprint density at radius 3 is 2.70 bits per heavy atom. The summed E-state index contributed by atoms with van der Waals surface area (Å²) in [5, 5.41) is 3.82. The molecule has 0 atom stereocenters. The Morgan fingerprint density at radius 2 is 1.85 bits per heavy atom. The average molecular weight is 328 g/mol. The third-order valence-corrected chi connectivity index (χ3v) is 3.27. The van der Waals surface area contributed by atoms with Gasteiger partial charge in [-0.15, -0.1) is 0 Å². The van der Waals surface area contributed by atoms with Crippen molar-refractivity contribution in [3.63, 3.8) is 0 Å². The molecular formula is C15H10BrN3O. The zero-order valence-electron chi connectivity index (χ0n) is 10.4. The highest BCUT2D eigenvalue weighted by Gasteiger charge is 2.10. The molecule has 0 spiro atoms. The van der Waals surface area contributed by atoms with Crippen LogP contribution < -0.4 is 5.32 Å². The average Bonchev–Trinajstić information content (AvgIpc) is 2.47. The summed E-state index contributed by atoms with van der Waals surface area (Å²) in [5.74, 6) is -0.260. The first kappa shape index (κ1) is 12.7. The molecule has 0 saturated heterocycles. The third kappa shape index (κ3) is 2.53. The number of rotatable bonds is 2. The first-order chi connectivity index (χ1) is 9.74. The van der Waals surface area contributed by atoms with Gasteiger partial charge in [0.05, 0.1) is 11.2 Å². The quantitative estimate of drug-likeness (QED) is 0.731. The summed E-state index contributed by atoms with van der Waals surface area (Å²) >= 11 is 3.25. The third-order valence-electron chi connectivity index (χ3n) is 2.83. The van der Waals surface area contributed by atoms with E-state index in [-0.39, 0.29) is 5.91 Å². The van der Waals surface area contributed by atoms with Gasteiger partial charge in [-0.05, 0) is 40.2 Å². The van der Waals surface area contributed by atoms with Gasteiger partial charge in [0.25, 0.3) is 5.91 Å². The van der Waals surface area contributed by atoms with Gasteiger partial charge in [0.15, 0.2) is 0 Å². The molecule has 0 unspecified atom stereocenters. The summed E-state index contributed by atoms with van der Waals surface area (Å²) in [6.45, 7) is 0. The molecule has 0 radical (unpaired) electrons. The second kappa shape index (κ2) is 5.38. The highest BCUT2D eigenvalue weighted by Crippen LogP contribution is 2.21. The molecule has 1 N–H and O–H groups in total. The number of aromatic nitrogens is 2. The van der Waals surface area contributed by atoms with Gasteiger partial charge in [-0.3, -0.25) is 9.78 Å². The molecular weight excluding hydrogens is 318 g/mol. The van der Waals surface area contributed by atoms with Crippen molar-refractivity contribution >= 4 is 38.4 Å². The number of para-hydroxylation sites is 1. The van der Waals surface area contributed by atoms with Gasteiger partial charge in [-0.25, -0.2) is 4.98 Å². The number of nitrogens with zero attached hydrogens (tertiary/aromatic N) is 2. The molecule has 0 fully saturated rings. The fourth-order valence-corrected chi connectivity index (χ4v) is 2.27. The molecule has 0 aliphatic rings. The molecule has 4 nitrogen and oxygen atoms in total. The largest absolute Gasteiger partial charge is 0.319 e.